The molecular weight excluding hydrogens is 587 g/mol. The third-order valence-electron chi connectivity index (χ3n) is 6.01. The molecule has 45 heavy (non-hydrogen) atoms. The van der Waals surface area contributed by atoms with Gasteiger partial charge in [0.2, 0.25) is 0 Å². The second-order valence-corrected chi connectivity index (χ2v) is 9.40. The molecule has 1 aliphatic heterocycles. The number of nitrogens with zero attached hydrogens (tertiary/aromatic N) is 4. The molecule has 1 aromatic heterocycles. The number of methoxy groups -OCH3 is 1. The molecule has 1 fully saturated rings. The van der Waals surface area contributed by atoms with E-state index < -0.39 is 18.7 Å². The molecule has 2 rings (SSSR count). The summed E-state index contributed by atoms with van der Waals surface area (Å²) in [6.07, 6.45) is 4.03. The Balaban J connectivity index is 0. The zero-order valence-corrected chi connectivity index (χ0v) is 28.6. The van der Waals surface area contributed by atoms with Crippen LogP contribution in [0.15, 0.2) is 41.4 Å². The van der Waals surface area contributed by atoms with Crippen LogP contribution in [0.25, 0.3) is 0 Å². The van der Waals surface area contributed by atoms with Crippen molar-refractivity contribution in [3.8, 4) is 11.8 Å². The summed E-state index contributed by atoms with van der Waals surface area (Å²) in [4.78, 5) is 16.9. The van der Waals surface area contributed by atoms with Crippen molar-refractivity contribution in [1.82, 2.24) is 14.7 Å². The van der Waals surface area contributed by atoms with Crippen LogP contribution in [0.5, 0.6) is 0 Å². The van der Waals surface area contributed by atoms with Gasteiger partial charge < -0.3 is 19.9 Å². The summed E-state index contributed by atoms with van der Waals surface area (Å²) in [5.41, 5.74) is 8.01. The van der Waals surface area contributed by atoms with Gasteiger partial charge in [0.1, 0.15) is 5.70 Å². The van der Waals surface area contributed by atoms with Crippen LogP contribution in [0.1, 0.15) is 84.5 Å². The molecule has 0 amide bonds. The monoisotopic (exact) mass is 643 g/mol. The van der Waals surface area contributed by atoms with Crippen molar-refractivity contribution in [3.05, 3.63) is 42.0 Å². The largest absolute Gasteiger partial charge is 0.465 e. The van der Waals surface area contributed by atoms with E-state index in [1.165, 1.54) is 18.2 Å². The fraction of sp³-hybridized carbons (Fsp3) is 0.667. The first-order valence-corrected chi connectivity index (χ1v) is 15.7. The van der Waals surface area contributed by atoms with E-state index in [1.807, 2.05) is 48.5 Å². The molecule has 0 bridgehead atoms. The third kappa shape index (κ3) is 22.9. The van der Waals surface area contributed by atoms with Crippen LogP contribution >= 0.6 is 0 Å². The number of piperidine rings is 1. The molecule has 0 spiro atoms. The lowest BCUT2D eigenvalue weighted by Gasteiger charge is -2.33. The molecule has 9 nitrogen and oxygen atoms in total. The van der Waals surface area contributed by atoms with Gasteiger partial charge in [-0.2, -0.15) is 18.3 Å². The van der Waals surface area contributed by atoms with Gasteiger partial charge in [-0.3, -0.25) is 9.58 Å². The molecule has 0 radical (unpaired) electrons. The lowest BCUT2D eigenvalue weighted by atomic mass is 9.95. The molecule has 1 atom stereocenters. The number of hydrogen-bond donors (Lipinski definition) is 1. The predicted molar refractivity (Wildman–Crippen MR) is 176 cm³/mol. The maximum atomic E-state index is 12.5. The van der Waals surface area contributed by atoms with Gasteiger partial charge in [-0.05, 0) is 51.5 Å². The number of carbonyl (C=O) groups excluding carboxylic acids is 1. The van der Waals surface area contributed by atoms with Crippen LogP contribution in [-0.2, 0) is 20.8 Å². The van der Waals surface area contributed by atoms with E-state index in [9.17, 15) is 18.0 Å². The Labute approximate surface area is 269 Å². The average Bonchev–Trinajstić information content (AvgIpc) is 3.51. The Bertz CT molecular complexity index is 1060. The number of aromatic nitrogens is 2. The standard InChI is InChI=1S/C18H28F3N3O4.C11H16N2.2C2H6/c1-26-17(25)16-11-22-24(13-16)6-8-28-10-9-27-7-4-15-3-2-5-23(12-15)14-18(19,20)21;1-5-7-8-9(3)13-10(4)11(12)6-2;2*1-2/h11,13,15H,2-10,12,14H2,1H3;6H,3,5,12H2,1-2,4H3;2*1-2H3/b;11-6+,13-10?;;. The number of rotatable bonds is 13. The molecule has 1 saturated heterocycles. The van der Waals surface area contributed by atoms with E-state index in [4.69, 9.17) is 15.2 Å². The molecule has 0 saturated carbocycles. The fourth-order valence-electron chi connectivity index (χ4n) is 3.92. The van der Waals surface area contributed by atoms with E-state index in [1.54, 1.807) is 17.0 Å². The highest BCUT2D eigenvalue weighted by molar-refractivity contribution is 5.98. The quantitative estimate of drug-likeness (QED) is 0.111. The molecular formula is C33H56F3N5O4. The van der Waals surface area contributed by atoms with Crippen molar-refractivity contribution < 1.29 is 32.2 Å². The number of allylic oxidation sites excluding steroid dienone is 3. The SMILES string of the molecule is C=C(C#CCC)N=C(C)/C(N)=C\C.CC.CC.COC(=O)c1cnn(CCOCCOCCC2CCCN(CC(F)(F)F)C2)c1. The highest BCUT2D eigenvalue weighted by Gasteiger charge is 2.32. The summed E-state index contributed by atoms with van der Waals surface area (Å²) in [6, 6.07) is 0. The Kier molecular flexibility index (Phi) is 26.6. The molecule has 1 aromatic rings. The zero-order chi connectivity index (χ0) is 34.7. The highest BCUT2D eigenvalue weighted by atomic mass is 19.4. The van der Waals surface area contributed by atoms with Gasteiger partial charge in [0.25, 0.3) is 0 Å². The van der Waals surface area contributed by atoms with Gasteiger partial charge >= 0.3 is 12.1 Å². The number of hydrogen-bond acceptors (Lipinski definition) is 8. The number of carbonyl (C=O) groups is 1. The fourth-order valence-corrected chi connectivity index (χ4v) is 3.92. The van der Waals surface area contributed by atoms with Crippen LogP contribution in [0, 0.1) is 17.8 Å². The van der Waals surface area contributed by atoms with E-state index >= 15 is 0 Å². The molecule has 2 N–H and O–H groups in total. The molecule has 2 heterocycles. The van der Waals surface area contributed by atoms with Crippen LogP contribution in [-0.4, -0.2) is 85.7 Å². The van der Waals surface area contributed by atoms with Gasteiger partial charge in [-0.25, -0.2) is 9.79 Å². The smallest absolute Gasteiger partial charge is 0.401 e. The van der Waals surface area contributed by atoms with Gasteiger partial charge in [0.05, 0.1) is 57.5 Å². The zero-order valence-electron chi connectivity index (χ0n) is 28.6. The van der Waals surface area contributed by atoms with Gasteiger partial charge in [-0.1, -0.05) is 53.2 Å². The molecule has 1 aliphatic rings. The van der Waals surface area contributed by atoms with Crippen molar-refractivity contribution in [2.45, 2.75) is 86.9 Å². The minimum Gasteiger partial charge on any atom is -0.465 e. The number of halogens is 3. The average molecular weight is 644 g/mol. The maximum Gasteiger partial charge on any atom is 0.401 e. The second-order valence-electron chi connectivity index (χ2n) is 9.40. The Morgan fingerprint density at radius 1 is 1.20 bits per heavy atom. The lowest BCUT2D eigenvalue weighted by Crippen LogP contribution is -2.41. The predicted octanol–water partition coefficient (Wildman–Crippen LogP) is 6.66. The summed E-state index contributed by atoms with van der Waals surface area (Å²) in [5.74, 6) is 5.54. The van der Waals surface area contributed by atoms with E-state index in [0.29, 0.717) is 63.0 Å². The molecule has 12 heteroatoms. The van der Waals surface area contributed by atoms with Crippen LogP contribution in [0.2, 0.25) is 0 Å². The summed E-state index contributed by atoms with van der Waals surface area (Å²) in [6.45, 7) is 19.9. The first-order valence-electron chi connectivity index (χ1n) is 15.7. The maximum absolute atomic E-state index is 12.5. The lowest BCUT2D eigenvalue weighted by molar-refractivity contribution is -0.149. The van der Waals surface area contributed by atoms with Crippen molar-refractivity contribution in [2.24, 2.45) is 16.6 Å². The second kappa shape index (κ2) is 27.2. The number of alkyl halides is 3. The summed E-state index contributed by atoms with van der Waals surface area (Å²) < 4.78 is 54.6. The van der Waals surface area contributed by atoms with Crippen LogP contribution in [0.4, 0.5) is 13.2 Å². The van der Waals surface area contributed by atoms with Crippen LogP contribution < -0.4 is 5.73 Å². The van der Waals surface area contributed by atoms with Crippen molar-refractivity contribution in [3.63, 3.8) is 0 Å². The minimum atomic E-state index is -4.13. The van der Waals surface area contributed by atoms with Crippen molar-refractivity contribution >= 4 is 11.7 Å². The number of likely N-dealkylation sites (tertiary alicyclic amines) is 1. The van der Waals surface area contributed by atoms with Gasteiger partial charge in [0.15, 0.2) is 0 Å². The van der Waals surface area contributed by atoms with E-state index in [-0.39, 0.29) is 5.92 Å². The number of esters is 1. The Hall–Kier alpha value is -3.14. The Morgan fingerprint density at radius 2 is 1.84 bits per heavy atom. The van der Waals surface area contributed by atoms with Crippen molar-refractivity contribution in [1.29, 1.82) is 0 Å². The number of ether oxygens (including phenoxy) is 3. The minimum absolute atomic E-state index is 0.251. The third-order valence-corrected chi connectivity index (χ3v) is 6.01. The Morgan fingerprint density at radius 3 is 2.42 bits per heavy atom. The molecule has 1 unspecified atom stereocenters. The number of nitrogens with two attached hydrogens (primary N) is 1. The summed E-state index contributed by atoms with van der Waals surface area (Å²) >= 11 is 0. The summed E-state index contributed by atoms with van der Waals surface area (Å²) in [7, 11) is 1.32. The van der Waals surface area contributed by atoms with Gasteiger partial charge in [0, 0.05) is 31.5 Å². The van der Waals surface area contributed by atoms with Gasteiger partial charge in [-0.15, -0.1) is 0 Å². The molecule has 0 aliphatic carbocycles. The topological polar surface area (TPSA) is 104 Å². The first kappa shape index (κ1) is 44.0. The van der Waals surface area contributed by atoms with E-state index in [0.717, 1.165) is 31.4 Å². The first-order chi connectivity index (χ1) is 21.5. The molecule has 0 aromatic carbocycles. The van der Waals surface area contributed by atoms with E-state index in [2.05, 4.69) is 33.2 Å². The number of aliphatic imine (C=N–C) groups is 1. The van der Waals surface area contributed by atoms with Crippen molar-refractivity contribution in [2.75, 3.05) is 53.2 Å². The normalized spacial score (nSPS) is 15.1. The molecule has 258 valence electrons. The highest BCUT2D eigenvalue weighted by Crippen LogP contribution is 2.24. The van der Waals surface area contributed by atoms with Crippen LogP contribution in [0.3, 0.4) is 0 Å². The summed E-state index contributed by atoms with van der Waals surface area (Å²) in [5, 5.41) is 4.04.